The van der Waals surface area contributed by atoms with Gasteiger partial charge in [0.05, 0.1) is 6.04 Å². The molecule has 1 N–H and O–H groups in total. The van der Waals surface area contributed by atoms with E-state index in [-0.39, 0.29) is 30.0 Å². The summed E-state index contributed by atoms with van der Waals surface area (Å²) in [5.41, 5.74) is 0.961. The van der Waals surface area contributed by atoms with Crippen LogP contribution in [0.5, 0.6) is 0 Å². The summed E-state index contributed by atoms with van der Waals surface area (Å²) < 4.78 is 13.1. The monoisotopic (exact) mass is 290 g/mol. The van der Waals surface area contributed by atoms with Gasteiger partial charge in [-0.15, -0.1) is 0 Å². The molecular weight excluding hydrogens is 267 g/mol. The second-order valence-corrected chi connectivity index (χ2v) is 6.36. The van der Waals surface area contributed by atoms with E-state index in [1.807, 2.05) is 11.8 Å². The molecule has 3 nitrogen and oxygen atoms in total. The van der Waals surface area contributed by atoms with Crippen molar-refractivity contribution in [2.24, 2.45) is 5.92 Å². The summed E-state index contributed by atoms with van der Waals surface area (Å²) in [6.07, 6.45) is 4.30. The van der Waals surface area contributed by atoms with E-state index in [0.29, 0.717) is 0 Å². The summed E-state index contributed by atoms with van der Waals surface area (Å²) in [7, 11) is 0. The molecule has 1 saturated heterocycles. The fraction of sp³-hybridized carbons (Fsp3) is 0.588. The number of benzene rings is 1. The second-order valence-electron chi connectivity index (χ2n) is 6.36. The first kappa shape index (κ1) is 14.5. The molecule has 1 aromatic rings. The van der Waals surface area contributed by atoms with Gasteiger partial charge >= 0.3 is 0 Å². The van der Waals surface area contributed by atoms with Gasteiger partial charge in [-0.3, -0.25) is 10.1 Å². The highest BCUT2D eigenvalue weighted by atomic mass is 19.1. The van der Waals surface area contributed by atoms with Crippen molar-refractivity contribution < 1.29 is 9.18 Å². The maximum absolute atomic E-state index is 13.1. The van der Waals surface area contributed by atoms with Crippen LogP contribution >= 0.6 is 0 Å². The summed E-state index contributed by atoms with van der Waals surface area (Å²) in [5, 5.41) is 3.40. The summed E-state index contributed by atoms with van der Waals surface area (Å²) in [6.45, 7) is 4.15. The van der Waals surface area contributed by atoms with E-state index in [9.17, 15) is 9.18 Å². The SMILES string of the molecule is CCC1NC(c2ccc(F)cc2)N(C(C)CC2CC2)C1=O. The molecule has 1 saturated carbocycles. The van der Waals surface area contributed by atoms with Crippen LogP contribution in [0.1, 0.15) is 51.3 Å². The zero-order valence-electron chi connectivity index (χ0n) is 12.7. The standard InChI is InChI=1S/C17H23FN2O/c1-3-15-17(21)20(11(2)10-12-4-5-12)16(19-15)13-6-8-14(18)9-7-13/h6-9,11-12,15-16,19H,3-5,10H2,1-2H3. The molecule has 0 aromatic heterocycles. The van der Waals surface area contributed by atoms with Gasteiger partial charge in [-0.05, 0) is 43.4 Å². The molecule has 1 aliphatic heterocycles. The largest absolute Gasteiger partial charge is 0.319 e. The molecule has 1 heterocycles. The lowest BCUT2D eigenvalue weighted by atomic mass is 10.1. The van der Waals surface area contributed by atoms with Crippen LogP contribution in [0.4, 0.5) is 4.39 Å². The molecule has 2 aliphatic rings. The van der Waals surface area contributed by atoms with Crippen molar-refractivity contribution in [3.05, 3.63) is 35.6 Å². The quantitative estimate of drug-likeness (QED) is 0.903. The first-order valence-corrected chi connectivity index (χ1v) is 7.93. The highest BCUT2D eigenvalue weighted by molar-refractivity contribution is 5.84. The van der Waals surface area contributed by atoms with Crippen LogP contribution in [-0.2, 0) is 4.79 Å². The summed E-state index contributed by atoms with van der Waals surface area (Å²) in [4.78, 5) is 14.6. The van der Waals surface area contributed by atoms with E-state index in [0.717, 1.165) is 24.3 Å². The number of carbonyl (C=O) groups excluding carboxylic acids is 1. The number of amides is 1. The Morgan fingerprint density at radius 2 is 2.00 bits per heavy atom. The minimum Gasteiger partial charge on any atom is -0.319 e. The number of carbonyl (C=O) groups is 1. The van der Waals surface area contributed by atoms with E-state index < -0.39 is 0 Å². The van der Waals surface area contributed by atoms with Crippen LogP contribution in [0.25, 0.3) is 0 Å². The number of nitrogens with zero attached hydrogens (tertiary/aromatic N) is 1. The fourth-order valence-corrected chi connectivity index (χ4v) is 3.26. The first-order valence-electron chi connectivity index (χ1n) is 7.93. The van der Waals surface area contributed by atoms with Gasteiger partial charge in [-0.1, -0.05) is 31.9 Å². The molecule has 0 bridgehead atoms. The minimum atomic E-state index is -0.243. The topological polar surface area (TPSA) is 32.3 Å². The lowest BCUT2D eigenvalue weighted by molar-refractivity contribution is -0.132. The zero-order chi connectivity index (χ0) is 15.0. The number of hydrogen-bond acceptors (Lipinski definition) is 2. The van der Waals surface area contributed by atoms with E-state index in [2.05, 4.69) is 12.2 Å². The molecular formula is C17H23FN2O. The summed E-state index contributed by atoms with van der Waals surface area (Å²) in [6, 6.07) is 6.57. The van der Waals surface area contributed by atoms with Crippen LogP contribution in [0.3, 0.4) is 0 Å². The van der Waals surface area contributed by atoms with E-state index >= 15 is 0 Å². The van der Waals surface area contributed by atoms with Crippen molar-refractivity contribution in [3.8, 4) is 0 Å². The molecule has 1 aliphatic carbocycles. The smallest absolute Gasteiger partial charge is 0.241 e. The van der Waals surface area contributed by atoms with Crippen LogP contribution < -0.4 is 5.32 Å². The normalized spacial score (nSPS) is 27.2. The molecule has 2 fully saturated rings. The first-order chi connectivity index (χ1) is 10.1. The number of hydrogen-bond donors (Lipinski definition) is 1. The molecule has 0 spiro atoms. The van der Waals surface area contributed by atoms with E-state index in [1.54, 1.807) is 12.1 Å². The molecule has 3 atom stereocenters. The highest BCUT2D eigenvalue weighted by Gasteiger charge is 2.42. The molecule has 0 radical (unpaired) electrons. The lowest BCUT2D eigenvalue weighted by Gasteiger charge is -2.30. The molecule has 114 valence electrons. The third-order valence-corrected chi connectivity index (χ3v) is 4.63. The Labute approximate surface area is 125 Å². The third kappa shape index (κ3) is 2.95. The Balaban J connectivity index is 1.84. The molecule has 21 heavy (non-hydrogen) atoms. The Bertz CT molecular complexity index is 512. The summed E-state index contributed by atoms with van der Waals surface area (Å²) in [5.74, 6) is 0.718. The van der Waals surface area contributed by atoms with Crippen LogP contribution in [0.2, 0.25) is 0 Å². The fourth-order valence-electron chi connectivity index (χ4n) is 3.26. The van der Waals surface area contributed by atoms with Crippen molar-refractivity contribution in [3.63, 3.8) is 0 Å². The number of rotatable bonds is 5. The Morgan fingerprint density at radius 1 is 1.33 bits per heavy atom. The van der Waals surface area contributed by atoms with Gasteiger partial charge < -0.3 is 4.90 Å². The maximum atomic E-state index is 13.1. The van der Waals surface area contributed by atoms with Crippen LogP contribution in [0.15, 0.2) is 24.3 Å². The highest BCUT2D eigenvalue weighted by Crippen LogP contribution is 2.37. The average Bonchev–Trinajstić information content (AvgIpc) is 3.21. The predicted octanol–water partition coefficient (Wildman–Crippen LogP) is 3.22. The number of halogens is 1. The van der Waals surface area contributed by atoms with Gasteiger partial charge in [0, 0.05) is 6.04 Å². The van der Waals surface area contributed by atoms with E-state index in [4.69, 9.17) is 0 Å². The van der Waals surface area contributed by atoms with Crippen molar-refractivity contribution in [1.82, 2.24) is 10.2 Å². The van der Waals surface area contributed by atoms with Gasteiger partial charge in [0.15, 0.2) is 0 Å². The minimum absolute atomic E-state index is 0.123. The molecule has 1 amide bonds. The summed E-state index contributed by atoms with van der Waals surface area (Å²) >= 11 is 0. The Kier molecular flexibility index (Phi) is 3.98. The van der Waals surface area contributed by atoms with Crippen molar-refractivity contribution in [2.45, 2.75) is 57.8 Å². The van der Waals surface area contributed by atoms with Crippen LogP contribution in [0, 0.1) is 11.7 Å². The van der Waals surface area contributed by atoms with Gasteiger partial charge in [0.2, 0.25) is 5.91 Å². The third-order valence-electron chi connectivity index (χ3n) is 4.63. The zero-order valence-corrected chi connectivity index (χ0v) is 12.7. The van der Waals surface area contributed by atoms with Gasteiger partial charge in [-0.2, -0.15) is 0 Å². The second kappa shape index (κ2) is 5.76. The number of nitrogens with one attached hydrogen (secondary N) is 1. The predicted molar refractivity (Wildman–Crippen MR) is 80.0 cm³/mol. The van der Waals surface area contributed by atoms with Gasteiger partial charge in [-0.25, -0.2) is 4.39 Å². The van der Waals surface area contributed by atoms with E-state index in [1.165, 1.54) is 25.0 Å². The Hall–Kier alpha value is -1.42. The van der Waals surface area contributed by atoms with Crippen molar-refractivity contribution in [1.29, 1.82) is 0 Å². The van der Waals surface area contributed by atoms with Gasteiger partial charge in [0.25, 0.3) is 0 Å². The van der Waals surface area contributed by atoms with Crippen LogP contribution in [-0.4, -0.2) is 22.9 Å². The maximum Gasteiger partial charge on any atom is 0.241 e. The lowest BCUT2D eigenvalue weighted by Crippen LogP contribution is -2.38. The molecule has 1 aromatic carbocycles. The molecule has 3 unspecified atom stereocenters. The Morgan fingerprint density at radius 3 is 2.57 bits per heavy atom. The van der Waals surface area contributed by atoms with Crippen molar-refractivity contribution >= 4 is 5.91 Å². The average molecular weight is 290 g/mol. The van der Waals surface area contributed by atoms with Gasteiger partial charge in [0.1, 0.15) is 12.0 Å². The molecule has 4 heteroatoms. The van der Waals surface area contributed by atoms with Crippen molar-refractivity contribution in [2.75, 3.05) is 0 Å². The molecule has 3 rings (SSSR count).